The van der Waals surface area contributed by atoms with Gasteiger partial charge in [0.25, 0.3) is 0 Å². The van der Waals surface area contributed by atoms with Gasteiger partial charge in [0, 0.05) is 44.4 Å². The van der Waals surface area contributed by atoms with Gasteiger partial charge in [0.15, 0.2) is 0 Å². The molecule has 4 nitrogen and oxygen atoms in total. The highest BCUT2D eigenvalue weighted by atomic mass is 19.1. The molecule has 57 heavy (non-hydrogen) atoms. The first kappa shape index (κ1) is 31.8. The van der Waals surface area contributed by atoms with E-state index >= 15 is 0 Å². The normalized spacial score (nSPS) is 22.9. The van der Waals surface area contributed by atoms with Crippen molar-refractivity contribution in [1.82, 2.24) is 14.5 Å². The fourth-order valence-corrected chi connectivity index (χ4v) is 12.7. The van der Waals surface area contributed by atoms with Gasteiger partial charge in [0.1, 0.15) is 5.82 Å². The summed E-state index contributed by atoms with van der Waals surface area (Å²) in [4.78, 5) is 12.1. The topological polar surface area (TPSA) is 34.0 Å². The number of halogens is 1. The number of pyridine rings is 2. The summed E-state index contributed by atoms with van der Waals surface area (Å²) in [6.07, 6.45) is 10.4. The Hall–Kier alpha value is -6.33. The summed E-state index contributed by atoms with van der Waals surface area (Å²) in [6.45, 7) is 0. The number of anilines is 3. The summed E-state index contributed by atoms with van der Waals surface area (Å²) >= 11 is 0. The Labute approximate surface area is 330 Å². The third kappa shape index (κ3) is 4.16. The molecule has 6 aromatic carbocycles. The third-order valence-electron chi connectivity index (χ3n) is 14.6. The zero-order chi connectivity index (χ0) is 37.4. The summed E-state index contributed by atoms with van der Waals surface area (Å²) in [7, 11) is 0. The molecule has 0 aliphatic heterocycles. The number of aromatic nitrogens is 3. The maximum atomic E-state index is 14.7. The van der Waals surface area contributed by atoms with Gasteiger partial charge in [-0.1, -0.05) is 78.9 Å². The smallest absolute Gasteiger partial charge is 0.123 e. The molecule has 9 aromatic rings. The molecule has 13 rings (SSSR count). The van der Waals surface area contributed by atoms with Crippen molar-refractivity contribution in [3.63, 3.8) is 0 Å². The van der Waals surface area contributed by atoms with Gasteiger partial charge in [-0.25, -0.2) is 4.39 Å². The van der Waals surface area contributed by atoms with Crippen LogP contribution in [0.1, 0.15) is 43.2 Å². The van der Waals surface area contributed by atoms with E-state index in [-0.39, 0.29) is 11.2 Å². The third-order valence-corrected chi connectivity index (χ3v) is 14.6. The van der Waals surface area contributed by atoms with E-state index in [1.54, 1.807) is 12.1 Å². The summed E-state index contributed by atoms with van der Waals surface area (Å²) < 4.78 is 17.3. The predicted octanol–water partition coefficient (Wildman–Crippen LogP) is 13.2. The van der Waals surface area contributed by atoms with E-state index in [0.29, 0.717) is 11.8 Å². The molecule has 5 unspecified atom stereocenters. The number of hydrogen-bond acceptors (Lipinski definition) is 3. The lowest BCUT2D eigenvalue weighted by atomic mass is 9.57. The molecule has 5 heteroatoms. The molecule has 0 radical (unpaired) electrons. The first-order chi connectivity index (χ1) is 28.2. The molecule has 274 valence electrons. The lowest BCUT2D eigenvalue weighted by Crippen LogP contribution is -2.43. The second-order valence-electron chi connectivity index (χ2n) is 17.0. The van der Waals surface area contributed by atoms with Crippen LogP contribution in [0.25, 0.3) is 60.4 Å². The van der Waals surface area contributed by atoms with Crippen molar-refractivity contribution in [3.8, 4) is 16.8 Å². The van der Waals surface area contributed by atoms with Gasteiger partial charge in [0.2, 0.25) is 0 Å². The molecule has 3 aromatic heterocycles. The highest BCUT2D eigenvalue weighted by molar-refractivity contribution is 6.10. The van der Waals surface area contributed by atoms with Gasteiger partial charge in [-0.15, -0.1) is 0 Å². The first-order valence-electron chi connectivity index (χ1n) is 20.6. The Bertz CT molecular complexity index is 3060. The van der Waals surface area contributed by atoms with Crippen LogP contribution in [-0.2, 0) is 5.41 Å². The molecule has 0 saturated heterocycles. The molecule has 3 bridgehead atoms. The van der Waals surface area contributed by atoms with E-state index in [0.717, 1.165) is 50.7 Å². The summed E-state index contributed by atoms with van der Waals surface area (Å²) in [5.41, 5.74) is 14.0. The van der Waals surface area contributed by atoms with E-state index in [1.165, 1.54) is 81.9 Å². The first-order valence-corrected chi connectivity index (χ1v) is 20.6. The number of hydrogen-bond donors (Lipinski definition) is 0. The van der Waals surface area contributed by atoms with E-state index in [2.05, 4.69) is 119 Å². The highest BCUT2D eigenvalue weighted by Gasteiger charge is 2.66. The number of fused-ring (bicyclic) bond motifs is 11. The van der Waals surface area contributed by atoms with E-state index in [9.17, 15) is 4.39 Å². The molecule has 3 saturated carbocycles. The van der Waals surface area contributed by atoms with Crippen LogP contribution < -0.4 is 4.90 Å². The van der Waals surface area contributed by atoms with Crippen LogP contribution in [0.5, 0.6) is 0 Å². The minimum Gasteiger partial charge on any atom is -0.309 e. The van der Waals surface area contributed by atoms with Crippen LogP contribution in [0.15, 0.2) is 152 Å². The second kappa shape index (κ2) is 11.6. The second-order valence-corrected chi connectivity index (χ2v) is 17.0. The van der Waals surface area contributed by atoms with E-state index in [1.807, 2.05) is 30.6 Å². The van der Waals surface area contributed by atoms with Gasteiger partial charge >= 0.3 is 0 Å². The molecule has 3 heterocycles. The zero-order valence-corrected chi connectivity index (χ0v) is 31.4. The largest absolute Gasteiger partial charge is 0.309 e. The number of para-hydroxylation sites is 2. The zero-order valence-electron chi connectivity index (χ0n) is 31.4. The van der Waals surface area contributed by atoms with Gasteiger partial charge in [-0.3, -0.25) is 9.97 Å². The van der Waals surface area contributed by atoms with Crippen molar-refractivity contribution >= 4 is 60.7 Å². The van der Waals surface area contributed by atoms with Crippen LogP contribution in [-0.4, -0.2) is 14.5 Å². The van der Waals surface area contributed by atoms with Crippen LogP contribution in [0.4, 0.5) is 21.5 Å². The molecular weight excluding hydrogens is 700 g/mol. The quantitative estimate of drug-likeness (QED) is 0.169. The molecule has 5 atom stereocenters. The summed E-state index contributed by atoms with van der Waals surface area (Å²) in [5, 5.41) is 4.66. The average Bonchev–Trinajstić information content (AvgIpc) is 3.71. The molecule has 4 aliphatic rings. The fraction of sp³-hybridized carbons (Fsp3) is 0.192. The number of rotatable bonds is 4. The minimum atomic E-state index is -0.249. The van der Waals surface area contributed by atoms with Gasteiger partial charge in [-0.2, -0.15) is 0 Å². The summed E-state index contributed by atoms with van der Waals surface area (Å²) in [5.74, 6) is 2.36. The SMILES string of the molecule is Fc1ccc(N(c2cnc3c(ccc4cccnc43)c2)c2cccc3c2-c2cccc(-n4c5ccccc5c5ccccc54)c2C32C3CCC4CCC3CC42)cc1. The lowest BCUT2D eigenvalue weighted by Gasteiger charge is -2.47. The number of nitrogens with zero attached hydrogens (tertiary/aromatic N) is 4. The van der Waals surface area contributed by atoms with Crippen molar-refractivity contribution in [2.75, 3.05) is 4.90 Å². The Balaban J connectivity index is 1.12. The van der Waals surface area contributed by atoms with Crippen LogP contribution >= 0.6 is 0 Å². The van der Waals surface area contributed by atoms with Crippen LogP contribution in [0.2, 0.25) is 0 Å². The molecule has 1 spiro atoms. The monoisotopic (exact) mass is 738 g/mol. The van der Waals surface area contributed by atoms with E-state index < -0.39 is 0 Å². The van der Waals surface area contributed by atoms with Crippen LogP contribution in [0.3, 0.4) is 0 Å². The van der Waals surface area contributed by atoms with Crippen molar-refractivity contribution < 1.29 is 4.39 Å². The van der Waals surface area contributed by atoms with Crippen molar-refractivity contribution in [3.05, 3.63) is 169 Å². The maximum absolute atomic E-state index is 14.7. The van der Waals surface area contributed by atoms with Gasteiger partial charge in [-0.05, 0) is 133 Å². The molecule has 4 aliphatic carbocycles. The van der Waals surface area contributed by atoms with Crippen LogP contribution in [0, 0.1) is 29.5 Å². The van der Waals surface area contributed by atoms with E-state index in [4.69, 9.17) is 9.97 Å². The Morgan fingerprint density at radius 1 is 0.614 bits per heavy atom. The molecular formula is C52H39FN4. The predicted molar refractivity (Wildman–Crippen MR) is 229 cm³/mol. The fourth-order valence-electron chi connectivity index (χ4n) is 12.7. The molecule has 3 fully saturated rings. The van der Waals surface area contributed by atoms with Gasteiger partial charge in [0.05, 0.1) is 45.3 Å². The molecule has 0 amide bonds. The van der Waals surface area contributed by atoms with Gasteiger partial charge < -0.3 is 9.47 Å². The Morgan fingerprint density at radius 3 is 2.19 bits per heavy atom. The standard InChI is InChI=1S/C52H39FN4/c53-35-22-24-36(25-23-35)56(37-28-34-20-18-32-8-7-27-54-50(32)51(34)55-30-37)46-15-6-12-42-48(46)40-11-5-16-47(49(40)52(42)41-26-21-31-17-19-33(41)29-43(31)52)57-44-13-3-1-9-38(44)39-10-2-4-14-45(39)57/h1-16,18,20,22-25,27-28,30-31,33,41,43H,17,19,21,26,29H2. The highest BCUT2D eigenvalue weighted by Crippen LogP contribution is 2.73. The van der Waals surface area contributed by atoms with Crippen molar-refractivity contribution in [2.45, 2.75) is 37.5 Å². The molecule has 0 N–H and O–H groups in total. The summed E-state index contributed by atoms with van der Waals surface area (Å²) in [6, 6.07) is 49.5. The Morgan fingerprint density at radius 2 is 1.35 bits per heavy atom. The maximum Gasteiger partial charge on any atom is 0.123 e. The lowest BCUT2D eigenvalue weighted by molar-refractivity contribution is 0.152. The van der Waals surface area contributed by atoms with Crippen molar-refractivity contribution in [1.29, 1.82) is 0 Å². The Kier molecular flexibility index (Phi) is 6.48. The number of benzene rings is 6. The average molecular weight is 739 g/mol. The minimum absolute atomic E-state index is 0.103. The van der Waals surface area contributed by atoms with Crippen molar-refractivity contribution in [2.24, 2.45) is 23.7 Å².